The Labute approximate surface area is 71.0 Å². The molecule has 4 nitrogen and oxygen atoms in total. The molecule has 2 aliphatic rings. The first-order chi connectivity index (χ1) is 5.95. The second-order valence-corrected chi connectivity index (χ2v) is 3.73. The van der Waals surface area contributed by atoms with Crippen LogP contribution in [0.5, 0.6) is 0 Å². The van der Waals surface area contributed by atoms with Crippen molar-refractivity contribution < 1.29 is 0 Å². The normalized spacial score (nSPS) is 38.2. The van der Waals surface area contributed by atoms with Gasteiger partial charge in [-0.05, 0) is 30.8 Å². The maximum Gasteiger partial charge on any atom is 0.0693 e. The van der Waals surface area contributed by atoms with Crippen molar-refractivity contribution in [1.82, 2.24) is 20.3 Å². The van der Waals surface area contributed by atoms with Crippen LogP contribution in [0.2, 0.25) is 0 Å². The Balaban J connectivity index is 1.65. The number of nitrogens with one attached hydrogen (secondary N) is 1. The summed E-state index contributed by atoms with van der Waals surface area (Å²) in [4.78, 5) is 1.81. The van der Waals surface area contributed by atoms with Crippen LogP contribution in [0, 0.1) is 17.8 Å². The third-order valence-electron chi connectivity index (χ3n) is 3.11. The van der Waals surface area contributed by atoms with Crippen LogP contribution < -0.4 is 5.32 Å². The minimum atomic E-state index is 0.846. The maximum atomic E-state index is 4.11. The zero-order valence-corrected chi connectivity index (χ0v) is 6.85. The van der Waals surface area contributed by atoms with Gasteiger partial charge in [-0.3, -0.25) is 0 Å². The molecule has 0 bridgehead atoms. The summed E-state index contributed by atoms with van der Waals surface area (Å²) in [7, 11) is 0. The molecule has 64 valence electrons. The van der Waals surface area contributed by atoms with Gasteiger partial charge < -0.3 is 5.32 Å². The van der Waals surface area contributed by atoms with Crippen LogP contribution in [-0.4, -0.2) is 28.1 Å². The lowest BCUT2D eigenvalue weighted by Crippen LogP contribution is -2.17. The van der Waals surface area contributed by atoms with E-state index in [1.54, 1.807) is 12.4 Å². The number of rotatable bonds is 2. The van der Waals surface area contributed by atoms with Gasteiger partial charge in [0.25, 0.3) is 0 Å². The highest BCUT2D eigenvalue weighted by Crippen LogP contribution is 2.49. The molecule has 12 heavy (non-hydrogen) atoms. The Bertz CT molecular complexity index is 259. The summed E-state index contributed by atoms with van der Waals surface area (Å²) in [6, 6.07) is 0. The van der Waals surface area contributed by atoms with E-state index in [0.717, 1.165) is 24.3 Å². The van der Waals surface area contributed by atoms with Crippen LogP contribution in [0.15, 0.2) is 12.4 Å². The summed E-state index contributed by atoms with van der Waals surface area (Å²) >= 11 is 0. The van der Waals surface area contributed by atoms with Crippen molar-refractivity contribution in [2.45, 2.75) is 6.54 Å². The van der Waals surface area contributed by atoms with Crippen molar-refractivity contribution in [3.05, 3.63) is 12.4 Å². The molecule has 0 spiro atoms. The molecule has 3 atom stereocenters. The van der Waals surface area contributed by atoms with Gasteiger partial charge in [0, 0.05) is 0 Å². The number of aromatic nitrogens is 3. The van der Waals surface area contributed by atoms with Crippen molar-refractivity contribution in [2.24, 2.45) is 17.8 Å². The van der Waals surface area contributed by atoms with Gasteiger partial charge in [-0.2, -0.15) is 15.0 Å². The Kier molecular flexibility index (Phi) is 1.26. The molecule has 1 aliphatic carbocycles. The number of fused-ring (bicyclic) bond motifs is 1. The lowest BCUT2D eigenvalue weighted by molar-refractivity contribution is 0.444. The van der Waals surface area contributed by atoms with Crippen molar-refractivity contribution in [2.75, 3.05) is 13.1 Å². The quantitative estimate of drug-likeness (QED) is 0.655. The highest BCUT2D eigenvalue weighted by Gasteiger charge is 2.52. The highest BCUT2D eigenvalue weighted by atomic mass is 15.5. The molecular weight excluding hydrogens is 152 g/mol. The molecule has 4 heteroatoms. The zero-order valence-electron chi connectivity index (χ0n) is 6.85. The van der Waals surface area contributed by atoms with E-state index in [-0.39, 0.29) is 0 Å². The van der Waals surface area contributed by atoms with E-state index >= 15 is 0 Å². The average molecular weight is 164 g/mol. The maximum absolute atomic E-state index is 4.11. The molecule has 3 rings (SSSR count). The zero-order chi connectivity index (χ0) is 7.97. The van der Waals surface area contributed by atoms with Crippen LogP contribution in [-0.2, 0) is 6.54 Å². The molecule has 0 amide bonds. The summed E-state index contributed by atoms with van der Waals surface area (Å²) < 4.78 is 0. The Hall–Kier alpha value is -0.900. The van der Waals surface area contributed by atoms with E-state index < -0.39 is 0 Å². The first-order valence-corrected chi connectivity index (χ1v) is 4.50. The van der Waals surface area contributed by atoms with Gasteiger partial charge in [-0.25, -0.2) is 0 Å². The molecule has 1 aromatic rings. The standard InChI is InChI=1S/C8H12N4/c1-2-11-12(10-1)5-8-6-3-9-4-7(6)8/h1-2,6-9H,3-5H2/t6-,7+,8-. The van der Waals surface area contributed by atoms with Crippen LogP contribution in [0.3, 0.4) is 0 Å². The van der Waals surface area contributed by atoms with Gasteiger partial charge in [0.05, 0.1) is 18.9 Å². The third-order valence-corrected chi connectivity index (χ3v) is 3.11. The molecule has 1 saturated carbocycles. The molecule has 2 heterocycles. The molecule has 1 aromatic heterocycles. The second kappa shape index (κ2) is 2.29. The average Bonchev–Trinajstić information content (AvgIpc) is 2.59. The van der Waals surface area contributed by atoms with E-state index in [1.807, 2.05) is 4.80 Å². The topological polar surface area (TPSA) is 42.7 Å². The summed E-state index contributed by atoms with van der Waals surface area (Å²) in [5.41, 5.74) is 0. The molecular formula is C8H12N4. The van der Waals surface area contributed by atoms with E-state index in [2.05, 4.69) is 15.5 Å². The molecule has 1 saturated heterocycles. The van der Waals surface area contributed by atoms with Crippen LogP contribution in [0.1, 0.15) is 0 Å². The number of hydrogen-bond acceptors (Lipinski definition) is 3. The lowest BCUT2D eigenvalue weighted by atomic mass is 10.3. The predicted molar refractivity (Wildman–Crippen MR) is 43.4 cm³/mol. The number of hydrogen-bond donors (Lipinski definition) is 1. The predicted octanol–water partition coefficient (Wildman–Crippen LogP) is -0.257. The van der Waals surface area contributed by atoms with E-state index in [1.165, 1.54) is 13.1 Å². The second-order valence-electron chi connectivity index (χ2n) is 3.73. The number of nitrogens with zero attached hydrogens (tertiary/aromatic N) is 3. The van der Waals surface area contributed by atoms with E-state index in [0.29, 0.717) is 0 Å². The summed E-state index contributed by atoms with van der Waals surface area (Å²) in [5, 5.41) is 11.6. The van der Waals surface area contributed by atoms with Crippen LogP contribution in [0.25, 0.3) is 0 Å². The van der Waals surface area contributed by atoms with Gasteiger partial charge in [0.15, 0.2) is 0 Å². The summed E-state index contributed by atoms with van der Waals surface area (Å²) in [6.45, 7) is 3.43. The Morgan fingerprint density at radius 1 is 1.25 bits per heavy atom. The highest BCUT2D eigenvalue weighted by molar-refractivity contribution is 5.03. The molecule has 0 unspecified atom stereocenters. The largest absolute Gasteiger partial charge is 0.316 e. The van der Waals surface area contributed by atoms with Gasteiger partial charge >= 0.3 is 0 Å². The van der Waals surface area contributed by atoms with Crippen molar-refractivity contribution in [3.63, 3.8) is 0 Å². The minimum absolute atomic E-state index is 0.846. The van der Waals surface area contributed by atoms with Crippen molar-refractivity contribution >= 4 is 0 Å². The van der Waals surface area contributed by atoms with E-state index in [4.69, 9.17) is 0 Å². The third kappa shape index (κ3) is 0.876. The van der Waals surface area contributed by atoms with Gasteiger partial charge in [-0.15, -0.1) is 0 Å². The fourth-order valence-electron chi connectivity index (χ4n) is 2.34. The molecule has 2 fully saturated rings. The molecule has 0 aromatic carbocycles. The molecule has 0 radical (unpaired) electrons. The Morgan fingerprint density at radius 3 is 2.58 bits per heavy atom. The first kappa shape index (κ1) is 6.60. The van der Waals surface area contributed by atoms with Gasteiger partial charge in [0.2, 0.25) is 0 Å². The van der Waals surface area contributed by atoms with Crippen LogP contribution >= 0.6 is 0 Å². The van der Waals surface area contributed by atoms with Crippen LogP contribution in [0.4, 0.5) is 0 Å². The fourth-order valence-corrected chi connectivity index (χ4v) is 2.34. The molecule has 1 aliphatic heterocycles. The molecule has 1 N–H and O–H groups in total. The lowest BCUT2D eigenvalue weighted by Gasteiger charge is -2.02. The summed E-state index contributed by atoms with van der Waals surface area (Å²) in [6.07, 6.45) is 3.49. The van der Waals surface area contributed by atoms with E-state index in [9.17, 15) is 0 Å². The monoisotopic (exact) mass is 164 g/mol. The fraction of sp³-hybridized carbons (Fsp3) is 0.750. The minimum Gasteiger partial charge on any atom is -0.316 e. The first-order valence-electron chi connectivity index (χ1n) is 4.50. The van der Waals surface area contributed by atoms with Crippen molar-refractivity contribution in [1.29, 1.82) is 0 Å². The van der Waals surface area contributed by atoms with Gasteiger partial charge in [0.1, 0.15) is 0 Å². The smallest absolute Gasteiger partial charge is 0.0693 e. The number of piperidine rings is 1. The van der Waals surface area contributed by atoms with Crippen molar-refractivity contribution in [3.8, 4) is 0 Å². The van der Waals surface area contributed by atoms with Gasteiger partial charge in [-0.1, -0.05) is 0 Å². The summed E-state index contributed by atoms with van der Waals surface area (Å²) in [5.74, 6) is 2.67. The SMILES string of the molecule is c1cnn(C[C@@H]2[C@@H]3CNC[C@@H]32)n1. The Morgan fingerprint density at radius 2 is 1.92 bits per heavy atom.